The Labute approximate surface area is 164 Å². The molecule has 0 bridgehead atoms. The van der Waals surface area contributed by atoms with Crippen molar-refractivity contribution < 1.29 is 36.1 Å². The van der Waals surface area contributed by atoms with Crippen LogP contribution in [0.15, 0.2) is 0 Å². The minimum absolute atomic E-state index is 0.0755. The molecule has 0 saturated carbocycles. The third kappa shape index (κ3) is 21.9. The van der Waals surface area contributed by atoms with Crippen LogP contribution in [-0.4, -0.2) is 71.9 Å². The van der Waals surface area contributed by atoms with Crippen LogP contribution in [0.25, 0.3) is 0 Å². The first-order valence-corrected chi connectivity index (χ1v) is 11.3. The van der Waals surface area contributed by atoms with E-state index in [0.717, 1.165) is 13.0 Å². The Balaban J connectivity index is 3.23. The summed E-state index contributed by atoms with van der Waals surface area (Å²) in [5, 5.41) is 0. The minimum atomic E-state index is -4.45. The van der Waals surface area contributed by atoms with Gasteiger partial charge in [-0.3, -0.25) is 4.55 Å². The van der Waals surface area contributed by atoms with Crippen LogP contribution in [0.3, 0.4) is 0 Å². The fourth-order valence-corrected chi connectivity index (χ4v) is 2.78. The summed E-state index contributed by atoms with van der Waals surface area (Å²) < 4.78 is 55.8. The zero-order valence-electron chi connectivity index (χ0n) is 16.9. The molecule has 1 N–H and O–H groups in total. The Morgan fingerprint density at radius 1 is 0.704 bits per heavy atom. The van der Waals surface area contributed by atoms with Gasteiger partial charge < -0.3 is 18.9 Å². The summed E-state index contributed by atoms with van der Waals surface area (Å²) in [6.45, 7) is 7.62. The van der Waals surface area contributed by atoms with Crippen LogP contribution in [0.4, 0.5) is 0 Å². The molecule has 1 unspecified atom stereocenters. The molecule has 8 nitrogen and oxygen atoms in total. The minimum Gasteiger partial charge on any atom is -0.379 e. The molecule has 0 heterocycles. The number of unbranched alkanes of at least 4 members (excludes halogenated alkanes) is 5. The highest BCUT2D eigenvalue weighted by Gasteiger charge is 2.15. The van der Waals surface area contributed by atoms with Gasteiger partial charge in [0.15, 0.2) is 0 Å². The topological polar surface area (TPSA) is 101 Å². The van der Waals surface area contributed by atoms with E-state index in [2.05, 4.69) is 11.1 Å². The number of ether oxygens (including phenoxy) is 4. The third-order valence-corrected chi connectivity index (χ3v) is 4.29. The summed E-state index contributed by atoms with van der Waals surface area (Å²) in [5.41, 5.74) is 0. The maximum Gasteiger partial charge on any atom is 0.397 e. The van der Waals surface area contributed by atoms with Crippen molar-refractivity contribution in [2.24, 2.45) is 0 Å². The SMILES string of the molecule is CCCCCCCCOCCOCCOCCOCC(CC)OS(=O)(=O)O. The molecule has 0 aromatic rings. The number of hydrogen-bond donors (Lipinski definition) is 1. The molecular weight excluding hydrogens is 376 g/mol. The van der Waals surface area contributed by atoms with Crippen molar-refractivity contribution in [1.29, 1.82) is 0 Å². The molecule has 0 amide bonds. The predicted molar refractivity (Wildman–Crippen MR) is 103 cm³/mol. The summed E-state index contributed by atoms with van der Waals surface area (Å²) in [4.78, 5) is 0. The Morgan fingerprint density at radius 2 is 1.19 bits per heavy atom. The normalized spacial score (nSPS) is 13.1. The summed E-state index contributed by atoms with van der Waals surface area (Å²) in [5.74, 6) is 0. The lowest BCUT2D eigenvalue weighted by atomic mass is 10.1. The molecule has 27 heavy (non-hydrogen) atoms. The van der Waals surface area contributed by atoms with Crippen molar-refractivity contribution in [3.63, 3.8) is 0 Å². The lowest BCUT2D eigenvalue weighted by Gasteiger charge is -2.13. The Morgan fingerprint density at radius 3 is 1.70 bits per heavy atom. The highest BCUT2D eigenvalue weighted by Crippen LogP contribution is 2.05. The molecule has 0 aromatic heterocycles. The first-order chi connectivity index (χ1) is 13.0. The monoisotopic (exact) mass is 414 g/mol. The summed E-state index contributed by atoms with van der Waals surface area (Å²) >= 11 is 0. The maximum absolute atomic E-state index is 10.6. The molecule has 9 heteroatoms. The molecule has 0 aliphatic rings. The van der Waals surface area contributed by atoms with Gasteiger partial charge in [0.25, 0.3) is 0 Å². The van der Waals surface area contributed by atoms with Gasteiger partial charge in [-0.2, -0.15) is 8.42 Å². The van der Waals surface area contributed by atoms with Gasteiger partial charge in [-0.25, -0.2) is 4.18 Å². The van der Waals surface area contributed by atoms with Crippen LogP contribution in [-0.2, 0) is 33.5 Å². The van der Waals surface area contributed by atoms with Crippen LogP contribution in [0.5, 0.6) is 0 Å². The molecule has 0 aliphatic heterocycles. The van der Waals surface area contributed by atoms with Gasteiger partial charge in [-0.1, -0.05) is 46.0 Å². The largest absolute Gasteiger partial charge is 0.397 e. The van der Waals surface area contributed by atoms with Crippen LogP contribution in [0.2, 0.25) is 0 Å². The van der Waals surface area contributed by atoms with Crippen molar-refractivity contribution in [1.82, 2.24) is 0 Å². The number of hydrogen-bond acceptors (Lipinski definition) is 7. The van der Waals surface area contributed by atoms with Gasteiger partial charge in [0.1, 0.15) is 6.10 Å². The zero-order valence-corrected chi connectivity index (χ0v) is 17.7. The molecule has 0 rings (SSSR count). The van der Waals surface area contributed by atoms with Gasteiger partial charge >= 0.3 is 10.4 Å². The van der Waals surface area contributed by atoms with Crippen molar-refractivity contribution in [3.05, 3.63) is 0 Å². The van der Waals surface area contributed by atoms with Gasteiger partial charge in [0, 0.05) is 6.61 Å². The lowest BCUT2D eigenvalue weighted by molar-refractivity contribution is -0.0141. The average molecular weight is 415 g/mol. The molecular formula is C18H38O8S. The van der Waals surface area contributed by atoms with Crippen LogP contribution >= 0.6 is 0 Å². The van der Waals surface area contributed by atoms with Gasteiger partial charge in [-0.15, -0.1) is 0 Å². The van der Waals surface area contributed by atoms with E-state index in [0.29, 0.717) is 46.1 Å². The standard InChI is InChI=1S/C18H38O8S/c1-3-5-6-7-8-9-10-22-11-12-23-13-14-24-15-16-25-17-18(4-2)26-27(19,20)21/h18H,3-17H2,1-2H3,(H,19,20,21). The van der Waals surface area contributed by atoms with Crippen molar-refractivity contribution in [2.45, 2.75) is 64.9 Å². The van der Waals surface area contributed by atoms with Crippen molar-refractivity contribution >= 4 is 10.4 Å². The highest BCUT2D eigenvalue weighted by molar-refractivity contribution is 7.80. The highest BCUT2D eigenvalue weighted by atomic mass is 32.3. The lowest BCUT2D eigenvalue weighted by Crippen LogP contribution is -2.23. The van der Waals surface area contributed by atoms with Gasteiger partial charge in [0.05, 0.1) is 46.2 Å². The summed E-state index contributed by atoms with van der Waals surface area (Å²) in [6.07, 6.45) is 7.28. The van der Waals surface area contributed by atoms with E-state index >= 15 is 0 Å². The van der Waals surface area contributed by atoms with E-state index in [1.165, 1.54) is 32.1 Å². The second-order valence-corrected chi connectivity index (χ2v) is 7.28. The van der Waals surface area contributed by atoms with Crippen LogP contribution in [0, 0.1) is 0 Å². The third-order valence-electron chi connectivity index (χ3n) is 3.78. The smallest absolute Gasteiger partial charge is 0.379 e. The Hall–Kier alpha value is -0.290. The molecule has 0 aliphatic carbocycles. The van der Waals surface area contributed by atoms with E-state index in [4.69, 9.17) is 23.5 Å². The molecule has 0 radical (unpaired) electrons. The molecule has 0 fully saturated rings. The average Bonchev–Trinajstić information content (AvgIpc) is 2.62. The Bertz CT molecular complexity index is 402. The second-order valence-electron chi connectivity index (χ2n) is 6.23. The molecule has 0 saturated heterocycles. The van der Waals surface area contributed by atoms with Crippen molar-refractivity contribution in [2.75, 3.05) is 52.9 Å². The molecule has 0 spiro atoms. The summed E-state index contributed by atoms with van der Waals surface area (Å²) in [6, 6.07) is 0. The van der Waals surface area contributed by atoms with E-state index in [1.807, 2.05) is 0 Å². The van der Waals surface area contributed by atoms with E-state index < -0.39 is 16.5 Å². The first-order valence-electron chi connectivity index (χ1n) is 9.96. The van der Waals surface area contributed by atoms with Gasteiger partial charge in [0.2, 0.25) is 0 Å². The zero-order chi connectivity index (χ0) is 20.2. The second kappa shape index (κ2) is 19.0. The van der Waals surface area contributed by atoms with Crippen LogP contribution < -0.4 is 0 Å². The first kappa shape index (κ1) is 26.7. The molecule has 164 valence electrons. The van der Waals surface area contributed by atoms with E-state index in [9.17, 15) is 8.42 Å². The molecule has 0 aromatic carbocycles. The maximum atomic E-state index is 10.6. The van der Waals surface area contributed by atoms with E-state index in [1.54, 1.807) is 6.92 Å². The predicted octanol–water partition coefficient (Wildman–Crippen LogP) is 3.01. The van der Waals surface area contributed by atoms with E-state index in [-0.39, 0.29) is 6.61 Å². The Kier molecular flexibility index (Phi) is 18.8. The fourth-order valence-electron chi connectivity index (χ4n) is 2.24. The summed E-state index contributed by atoms with van der Waals surface area (Å²) in [7, 11) is -4.45. The van der Waals surface area contributed by atoms with Gasteiger partial charge in [-0.05, 0) is 12.8 Å². The van der Waals surface area contributed by atoms with Crippen molar-refractivity contribution in [3.8, 4) is 0 Å². The molecule has 1 atom stereocenters. The number of rotatable bonds is 21. The quantitative estimate of drug-likeness (QED) is 0.226. The van der Waals surface area contributed by atoms with Crippen LogP contribution in [0.1, 0.15) is 58.8 Å². The fraction of sp³-hybridized carbons (Fsp3) is 1.00.